The number of nitrogens with zero attached hydrogens (tertiary/aromatic N) is 1. The van der Waals surface area contributed by atoms with E-state index in [1.807, 2.05) is 6.20 Å². The average molecular weight is 179 g/mol. The Bertz CT molecular complexity index is 287. The maximum Gasteiger partial charge on any atom is 0.205 e. The Morgan fingerprint density at radius 1 is 1.46 bits per heavy atom. The van der Waals surface area contributed by atoms with Gasteiger partial charge in [-0.25, -0.2) is 0 Å². The molecule has 1 atom stereocenters. The fourth-order valence-electron chi connectivity index (χ4n) is 2.45. The molecule has 1 fully saturated rings. The molecule has 1 aromatic heterocycles. The first-order valence-corrected chi connectivity index (χ1v) is 5.06. The SMILES string of the molecule is CC1(C)CCC[N+]1(C)c1ccc[nH]1. The van der Waals surface area contributed by atoms with Crippen LogP contribution in [0.25, 0.3) is 0 Å². The first-order chi connectivity index (χ1) is 6.06. The Labute approximate surface area is 80.2 Å². The molecule has 72 valence electrons. The molecular formula is C11H19N2+. The second kappa shape index (κ2) is 2.61. The van der Waals surface area contributed by atoms with Crippen LogP contribution in [0.1, 0.15) is 26.7 Å². The van der Waals surface area contributed by atoms with Gasteiger partial charge >= 0.3 is 0 Å². The summed E-state index contributed by atoms with van der Waals surface area (Å²) in [6.07, 6.45) is 4.68. The van der Waals surface area contributed by atoms with E-state index in [1.54, 1.807) is 0 Å². The van der Waals surface area contributed by atoms with E-state index >= 15 is 0 Å². The zero-order chi connectivity index (χ0) is 9.53. The molecule has 0 amide bonds. The van der Waals surface area contributed by atoms with E-state index in [2.05, 4.69) is 38.0 Å². The standard InChI is InChI=1S/C11H19N2/c1-11(2)7-5-9-13(11,3)10-6-4-8-12-10/h4,6,8,12H,5,7,9H2,1-3H3/q+1. The molecule has 0 aromatic carbocycles. The van der Waals surface area contributed by atoms with Crippen molar-refractivity contribution in [1.82, 2.24) is 9.47 Å². The molecule has 0 radical (unpaired) electrons. The smallest absolute Gasteiger partial charge is 0.205 e. The van der Waals surface area contributed by atoms with Crippen LogP contribution in [0, 0.1) is 0 Å². The quantitative estimate of drug-likeness (QED) is 0.638. The van der Waals surface area contributed by atoms with E-state index in [0.29, 0.717) is 5.54 Å². The van der Waals surface area contributed by atoms with Crippen molar-refractivity contribution in [3.8, 4) is 0 Å². The van der Waals surface area contributed by atoms with Gasteiger partial charge in [0.15, 0.2) is 0 Å². The van der Waals surface area contributed by atoms with Crippen LogP contribution in [-0.2, 0) is 0 Å². The van der Waals surface area contributed by atoms with Crippen molar-refractivity contribution in [1.29, 1.82) is 0 Å². The number of hydrogen-bond acceptors (Lipinski definition) is 0. The van der Waals surface area contributed by atoms with Crippen LogP contribution in [-0.4, -0.2) is 24.1 Å². The first-order valence-electron chi connectivity index (χ1n) is 5.06. The molecule has 2 rings (SSSR count). The van der Waals surface area contributed by atoms with Crippen LogP contribution in [0.4, 0.5) is 5.82 Å². The van der Waals surface area contributed by atoms with Crippen molar-refractivity contribution in [2.75, 3.05) is 13.6 Å². The molecule has 1 aliphatic heterocycles. The van der Waals surface area contributed by atoms with Gasteiger partial charge in [-0.1, -0.05) is 0 Å². The molecule has 0 spiro atoms. The number of likely N-dealkylation sites (tertiary alicyclic amines) is 1. The molecule has 0 aliphatic carbocycles. The van der Waals surface area contributed by atoms with Gasteiger partial charge in [-0.3, -0.25) is 4.48 Å². The van der Waals surface area contributed by atoms with Crippen molar-refractivity contribution in [2.24, 2.45) is 0 Å². The van der Waals surface area contributed by atoms with E-state index in [9.17, 15) is 0 Å². The van der Waals surface area contributed by atoms with Crippen molar-refractivity contribution in [3.63, 3.8) is 0 Å². The average Bonchev–Trinajstić information content (AvgIpc) is 2.61. The molecule has 0 bridgehead atoms. The summed E-state index contributed by atoms with van der Waals surface area (Å²) < 4.78 is 1.06. The lowest BCUT2D eigenvalue weighted by molar-refractivity contribution is 0.214. The summed E-state index contributed by atoms with van der Waals surface area (Å²) in [6, 6.07) is 4.29. The van der Waals surface area contributed by atoms with Crippen molar-refractivity contribution in [3.05, 3.63) is 18.3 Å². The lowest BCUT2D eigenvalue weighted by Gasteiger charge is -2.40. The van der Waals surface area contributed by atoms with Crippen LogP contribution < -0.4 is 4.48 Å². The lowest BCUT2D eigenvalue weighted by Crippen LogP contribution is -2.56. The number of H-pyrrole nitrogens is 1. The van der Waals surface area contributed by atoms with E-state index in [4.69, 9.17) is 0 Å². The van der Waals surface area contributed by atoms with Gasteiger partial charge in [0, 0.05) is 25.1 Å². The monoisotopic (exact) mass is 179 g/mol. The third-order valence-electron chi connectivity index (χ3n) is 3.84. The maximum atomic E-state index is 3.35. The summed E-state index contributed by atoms with van der Waals surface area (Å²) in [6.45, 7) is 5.98. The largest absolute Gasteiger partial charge is 0.318 e. The minimum Gasteiger partial charge on any atom is -0.318 e. The molecule has 2 heterocycles. The predicted octanol–water partition coefficient (Wildman–Crippen LogP) is 2.52. The molecule has 13 heavy (non-hydrogen) atoms. The Morgan fingerprint density at radius 2 is 2.23 bits per heavy atom. The van der Waals surface area contributed by atoms with Gasteiger partial charge in [-0.15, -0.1) is 0 Å². The molecule has 1 aliphatic rings. The highest BCUT2D eigenvalue weighted by atomic mass is 15.4. The van der Waals surface area contributed by atoms with Gasteiger partial charge in [-0.2, -0.15) is 0 Å². The highest BCUT2D eigenvalue weighted by Gasteiger charge is 2.47. The Balaban J connectivity index is 2.40. The summed E-state index contributed by atoms with van der Waals surface area (Å²) in [5.41, 5.74) is 0.380. The third-order valence-corrected chi connectivity index (χ3v) is 3.84. The Hall–Kier alpha value is -0.760. The van der Waals surface area contributed by atoms with Gasteiger partial charge in [-0.05, 0) is 19.9 Å². The molecule has 2 heteroatoms. The van der Waals surface area contributed by atoms with Crippen molar-refractivity contribution < 1.29 is 0 Å². The fourth-order valence-corrected chi connectivity index (χ4v) is 2.45. The first kappa shape index (κ1) is 8.82. The lowest BCUT2D eigenvalue weighted by atomic mass is 10.0. The fraction of sp³-hybridized carbons (Fsp3) is 0.636. The number of aromatic nitrogens is 1. The van der Waals surface area contributed by atoms with Crippen LogP contribution in [0.3, 0.4) is 0 Å². The summed E-state index contributed by atoms with van der Waals surface area (Å²) in [7, 11) is 2.33. The highest BCUT2D eigenvalue weighted by molar-refractivity contribution is 5.38. The van der Waals surface area contributed by atoms with Crippen LogP contribution >= 0.6 is 0 Å². The Morgan fingerprint density at radius 3 is 2.69 bits per heavy atom. The van der Waals surface area contributed by atoms with Crippen molar-refractivity contribution >= 4 is 5.82 Å². The summed E-state index contributed by atoms with van der Waals surface area (Å²) in [4.78, 5) is 3.35. The molecular weight excluding hydrogens is 160 g/mol. The minimum absolute atomic E-state index is 0.380. The Kier molecular flexibility index (Phi) is 1.77. The number of rotatable bonds is 1. The zero-order valence-corrected chi connectivity index (χ0v) is 8.80. The molecule has 1 saturated heterocycles. The van der Waals surface area contributed by atoms with E-state index in [-0.39, 0.29) is 0 Å². The second-order valence-corrected chi connectivity index (χ2v) is 4.89. The number of aromatic amines is 1. The van der Waals surface area contributed by atoms with Gasteiger partial charge in [0.05, 0.1) is 19.1 Å². The number of quaternary nitrogens is 1. The van der Waals surface area contributed by atoms with E-state index < -0.39 is 0 Å². The summed E-state index contributed by atoms with van der Waals surface area (Å²) >= 11 is 0. The highest BCUT2D eigenvalue weighted by Crippen LogP contribution is 2.38. The maximum absolute atomic E-state index is 3.35. The molecule has 1 aromatic rings. The van der Waals surface area contributed by atoms with Gasteiger partial charge < -0.3 is 4.98 Å². The van der Waals surface area contributed by atoms with E-state index in [1.165, 1.54) is 25.2 Å². The second-order valence-electron chi connectivity index (χ2n) is 4.89. The van der Waals surface area contributed by atoms with Crippen LogP contribution in [0.15, 0.2) is 18.3 Å². The molecule has 0 saturated carbocycles. The predicted molar refractivity (Wildman–Crippen MR) is 56.7 cm³/mol. The number of hydrogen-bond donors (Lipinski definition) is 1. The number of nitrogens with one attached hydrogen (secondary N) is 1. The third kappa shape index (κ3) is 1.12. The van der Waals surface area contributed by atoms with Crippen LogP contribution in [0.2, 0.25) is 0 Å². The topological polar surface area (TPSA) is 15.8 Å². The summed E-state index contributed by atoms with van der Waals surface area (Å²) in [5, 5.41) is 0. The van der Waals surface area contributed by atoms with E-state index in [0.717, 1.165) is 4.48 Å². The minimum atomic E-state index is 0.380. The normalized spacial score (nSPS) is 32.2. The summed E-state index contributed by atoms with van der Waals surface area (Å²) in [5.74, 6) is 1.35. The zero-order valence-electron chi connectivity index (χ0n) is 8.80. The molecule has 1 N–H and O–H groups in total. The van der Waals surface area contributed by atoms with Crippen LogP contribution in [0.5, 0.6) is 0 Å². The van der Waals surface area contributed by atoms with Gasteiger partial charge in [0.25, 0.3) is 0 Å². The molecule has 2 nitrogen and oxygen atoms in total. The van der Waals surface area contributed by atoms with Crippen molar-refractivity contribution in [2.45, 2.75) is 32.2 Å². The van der Waals surface area contributed by atoms with Gasteiger partial charge in [0.1, 0.15) is 0 Å². The van der Waals surface area contributed by atoms with Gasteiger partial charge in [0.2, 0.25) is 5.82 Å². The molecule has 1 unspecified atom stereocenters.